The Morgan fingerprint density at radius 1 is 0.700 bits per heavy atom. The summed E-state index contributed by atoms with van der Waals surface area (Å²) in [5.74, 6) is 0. The van der Waals surface area contributed by atoms with Crippen LogP contribution < -0.4 is 0 Å². The Labute approximate surface area is 118 Å². The summed E-state index contributed by atoms with van der Waals surface area (Å²) in [5, 5.41) is 5.64. The van der Waals surface area contributed by atoms with Crippen LogP contribution in [0, 0.1) is 10.5 Å². The molecule has 0 heterocycles. The molecule has 3 aromatic rings. The van der Waals surface area contributed by atoms with E-state index in [2.05, 4.69) is 54.1 Å². The Bertz CT molecular complexity index is 764. The van der Waals surface area contributed by atoms with E-state index in [1.165, 1.54) is 47.2 Å². The van der Waals surface area contributed by atoms with Gasteiger partial charge < -0.3 is 0 Å². The molecule has 4 rings (SSSR count). The van der Waals surface area contributed by atoms with Crippen LogP contribution in [0.1, 0.15) is 24.0 Å². The number of benzene rings is 3. The minimum absolute atomic E-state index is 1.25. The number of rotatable bonds is 0. The van der Waals surface area contributed by atoms with Gasteiger partial charge in [-0.25, -0.2) is 0 Å². The first-order chi connectivity index (χ1) is 9.93. The molecule has 0 atom stereocenters. The highest BCUT2D eigenvalue weighted by Crippen LogP contribution is 2.32. The van der Waals surface area contributed by atoms with Crippen molar-refractivity contribution in [1.29, 1.82) is 5.59 Å². The van der Waals surface area contributed by atoms with Gasteiger partial charge in [0.25, 0.3) is 0 Å². The highest BCUT2D eigenvalue weighted by molar-refractivity contribution is 6.08. The number of nitrogens with one attached hydrogen (secondary N) is 1. The van der Waals surface area contributed by atoms with Gasteiger partial charge in [0.15, 0.2) is 0 Å². The summed E-state index contributed by atoms with van der Waals surface area (Å²) in [7, 11) is 0. The molecule has 20 heavy (non-hydrogen) atoms. The summed E-state index contributed by atoms with van der Waals surface area (Å²) in [6.07, 6.45) is 5.22. The van der Waals surface area contributed by atoms with Gasteiger partial charge in [-0.1, -0.05) is 54.1 Å². The third kappa shape index (κ3) is 1.97. The fourth-order valence-electron chi connectivity index (χ4n) is 3.34. The third-order valence-electron chi connectivity index (χ3n) is 4.26. The summed E-state index contributed by atoms with van der Waals surface area (Å²) < 4.78 is 0. The topological polar surface area (TPSA) is 40.9 Å². The maximum Gasteiger partial charge on any atom is -0.0102 e. The number of nitroso groups, excluding NO2 is 1. The molecule has 2 heteroatoms. The zero-order valence-electron chi connectivity index (χ0n) is 11.4. The molecule has 0 radical (unpaired) electrons. The number of fused-ring (bicyclic) bond motifs is 5. The third-order valence-corrected chi connectivity index (χ3v) is 4.26. The van der Waals surface area contributed by atoms with Gasteiger partial charge in [0.05, 0.1) is 0 Å². The van der Waals surface area contributed by atoms with E-state index in [1.54, 1.807) is 11.1 Å². The quantitative estimate of drug-likeness (QED) is 0.439. The zero-order chi connectivity index (χ0) is 13.9. The van der Waals surface area contributed by atoms with Crippen LogP contribution in [-0.2, 0) is 12.8 Å². The molecule has 100 valence electrons. The van der Waals surface area contributed by atoms with Crippen molar-refractivity contribution >= 4 is 21.5 Å². The molecular weight excluding hydrogens is 246 g/mol. The number of hydrogen-bond acceptors (Lipinski definition) is 2. The molecule has 0 bridgehead atoms. The fraction of sp³-hybridized carbons (Fsp3) is 0.222. The molecule has 1 aliphatic carbocycles. The highest BCUT2D eigenvalue weighted by atomic mass is 16.2. The fourth-order valence-corrected chi connectivity index (χ4v) is 3.34. The average Bonchev–Trinajstić information content (AvgIpc) is 2.56. The molecule has 0 unspecified atom stereocenters. The number of hydrogen-bond donors (Lipinski definition) is 1. The SMILES string of the molecule is N=O.c1ccc2c(c1)ccc1c3c(ccc12)CCCC3. The first-order valence-electron chi connectivity index (χ1n) is 7.06. The summed E-state index contributed by atoms with van der Waals surface area (Å²) in [6.45, 7) is 0. The minimum Gasteiger partial charge on any atom is -0.154 e. The predicted molar refractivity (Wildman–Crippen MR) is 84.2 cm³/mol. The molecule has 0 fully saturated rings. The van der Waals surface area contributed by atoms with E-state index in [0.29, 0.717) is 0 Å². The predicted octanol–water partition coefficient (Wildman–Crippen LogP) is 5.20. The molecular formula is C18H17NO. The van der Waals surface area contributed by atoms with E-state index in [4.69, 9.17) is 4.91 Å². The van der Waals surface area contributed by atoms with Gasteiger partial charge in [0.1, 0.15) is 0 Å². The van der Waals surface area contributed by atoms with Crippen LogP contribution in [0.4, 0.5) is 0 Å². The van der Waals surface area contributed by atoms with Crippen molar-refractivity contribution in [2.24, 2.45) is 0 Å². The molecule has 1 aliphatic rings. The maximum absolute atomic E-state index is 7.50. The first-order valence-corrected chi connectivity index (χ1v) is 7.06. The van der Waals surface area contributed by atoms with Crippen LogP contribution in [-0.4, -0.2) is 0 Å². The van der Waals surface area contributed by atoms with E-state index >= 15 is 0 Å². The Kier molecular flexibility index (Phi) is 3.46. The van der Waals surface area contributed by atoms with Crippen molar-refractivity contribution in [2.75, 3.05) is 0 Å². The van der Waals surface area contributed by atoms with Crippen LogP contribution in [0.5, 0.6) is 0 Å². The molecule has 0 aliphatic heterocycles. The van der Waals surface area contributed by atoms with Crippen LogP contribution >= 0.6 is 0 Å². The molecule has 0 amide bonds. The van der Waals surface area contributed by atoms with Crippen LogP contribution in [0.3, 0.4) is 0 Å². The molecule has 1 N–H and O–H groups in total. The van der Waals surface area contributed by atoms with E-state index in [0.717, 1.165) is 0 Å². The summed E-state index contributed by atoms with van der Waals surface area (Å²) in [4.78, 5) is 7.50. The van der Waals surface area contributed by atoms with Gasteiger partial charge >= 0.3 is 0 Å². The van der Waals surface area contributed by atoms with Crippen molar-refractivity contribution in [3.8, 4) is 0 Å². The maximum atomic E-state index is 7.50. The molecule has 3 aromatic carbocycles. The second-order valence-electron chi connectivity index (χ2n) is 5.29. The van der Waals surface area contributed by atoms with E-state index in [1.807, 2.05) is 0 Å². The lowest BCUT2D eigenvalue weighted by atomic mass is 9.86. The summed E-state index contributed by atoms with van der Waals surface area (Å²) >= 11 is 0. The first kappa shape index (κ1) is 12.8. The minimum atomic E-state index is 1.25. The zero-order valence-corrected chi connectivity index (χ0v) is 11.4. The average molecular weight is 263 g/mol. The molecule has 0 saturated carbocycles. The normalized spacial score (nSPS) is 13.6. The van der Waals surface area contributed by atoms with Crippen LogP contribution in [0.25, 0.3) is 21.5 Å². The summed E-state index contributed by atoms with van der Waals surface area (Å²) in [5.41, 5.74) is 7.67. The lowest BCUT2D eigenvalue weighted by molar-refractivity contribution is 0.690. The van der Waals surface area contributed by atoms with Crippen LogP contribution in [0.2, 0.25) is 0 Å². The molecule has 0 spiro atoms. The van der Waals surface area contributed by atoms with Crippen molar-refractivity contribution in [3.05, 3.63) is 64.6 Å². The van der Waals surface area contributed by atoms with Crippen molar-refractivity contribution in [1.82, 2.24) is 0 Å². The van der Waals surface area contributed by atoms with Crippen LogP contribution in [0.15, 0.2) is 48.5 Å². The molecule has 0 saturated heterocycles. The van der Waals surface area contributed by atoms with Gasteiger partial charge in [-0.2, -0.15) is 4.91 Å². The number of aryl methyl sites for hydroxylation is 2. The van der Waals surface area contributed by atoms with Crippen molar-refractivity contribution in [3.63, 3.8) is 0 Å². The van der Waals surface area contributed by atoms with Gasteiger partial charge in [0, 0.05) is 0 Å². The van der Waals surface area contributed by atoms with Gasteiger partial charge in [-0.3, -0.25) is 0 Å². The second-order valence-corrected chi connectivity index (χ2v) is 5.29. The van der Waals surface area contributed by atoms with E-state index in [9.17, 15) is 0 Å². The Morgan fingerprint density at radius 3 is 2.35 bits per heavy atom. The monoisotopic (exact) mass is 263 g/mol. The van der Waals surface area contributed by atoms with Crippen molar-refractivity contribution < 1.29 is 0 Å². The van der Waals surface area contributed by atoms with Gasteiger partial charge in [-0.15, -0.1) is 0 Å². The van der Waals surface area contributed by atoms with Gasteiger partial charge in [0.2, 0.25) is 0 Å². The Hall–Kier alpha value is -2.22. The Balaban J connectivity index is 0.000000581. The standard InChI is InChI=1S/C18H16.HNO/c1-3-7-15-13(5-1)9-11-18-16-8-4-2-6-14(16)10-12-17(15)18;1-2/h1,3,5,7,9-12H,2,4,6,8H2;1H. The molecule has 0 aromatic heterocycles. The second kappa shape index (κ2) is 5.41. The van der Waals surface area contributed by atoms with E-state index < -0.39 is 0 Å². The van der Waals surface area contributed by atoms with Crippen molar-refractivity contribution in [2.45, 2.75) is 25.7 Å². The summed E-state index contributed by atoms with van der Waals surface area (Å²) in [6, 6.07) is 18.0. The van der Waals surface area contributed by atoms with E-state index in [-0.39, 0.29) is 0 Å². The smallest absolute Gasteiger partial charge is 0.0102 e. The Morgan fingerprint density at radius 2 is 1.45 bits per heavy atom. The highest BCUT2D eigenvalue weighted by Gasteiger charge is 2.12. The van der Waals surface area contributed by atoms with Gasteiger partial charge in [-0.05, 0) is 58.4 Å². The molecule has 2 nitrogen and oxygen atoms in total. The lowest BCUT2D eigenvalue weighted by Crippen LogP contribution is -2.02. The lowest BCUT2D eigenvalue weighted by Gasteiger charge is -2.18. The largest absolute Gasteiger partial charge is 0.154 e.